The van der Waals surface area contributed by atoms with Gasteiger partial charge in [0.2, 0.25) is 0 Å². The second-order valence-electron chi connectivity index (χ2n) is 18.5. The zero-order valence-electron chi connectivity index (χ0n) is 40.5. The third-order valence-corrected chi connectivity index (χ3v) is 14.3. The molecule has 364 valence electrons. The van der Waals surface area contributed by atoms with Gasteiger partial charge in [-0.15, -0.1) is 0 Å². The summed E-state index contributed by atoms with van der Waals surface area (Å²) < 4.78 is 37.6. The summed E-state index contributed by atoms with van der Waals surface area (Å²) in [6.07, 6.45) is 15.5. The van der Waals surface area contributed by atoms with E-state index in [1.165, 1.54) is 0 Å². The third kappa shape index (κ3) is 9.10. The summed E-state index contributed by atoms with van der Waals surface area (Å²) in [6.45, 7) is 0. The van der Waals surface area contributed by atoms with E-state index in [1.807, 2.05) is 182 Å². The molecule has 14 rings (SSSR count). The van der Waals surface area contributed by atoms with E-state index >= 15 is 0 Å². The van der Waals surface area contributed by atoms with Gasteiger partial charge < -0.3 is 19.9 Å². The molecule has 4 aromatic carbocycles. The minimum absolute atomic E-state index is 0.115. The monoisotopic (exact) mass is 1000 g/mol. The first-order valence-corrected chi connectivity index (χ1v) is 26.1. The molecule has 0 saturated carbocycles. The molecule has 0 aliphatic carbocycles. The number of hydrogen-bond acceptors (Lipinski definition) is 6. The average molecular weight is 1010 g/mol. The maximum absolute atomic E-state index is 13.4. The second-order valence-corrected chi connectivity index (χ2v) is 19.8. The van der Waals surface area contributed by atoms with Crippen molar-refractivity contribution in [1.29, 1.82) is 0 Å². The first kappa shape index (κ1) is 45.8. The largest absolute Gasteiger partial charge is 0.355 e. The fraction of sp³-hybridized carbons (Fsp3) is 0. The summed E-state index contributed by atoms with van der Waals surface area (Å²) in [5.74, 6) is 0. The van der Waals surface area contributed by atoms with Crippen LogP contribution in [0.2, 0.25) is 0 Å². The fourth-order valence-corrected chi connectivity index (χ4v) is 10.8. The Morgan fingerprint density at radius 2 is 0.697 bits per heavy atom. The highest BCUT2D eigenvalue weighted by Crippen LogP contribution is 2.40. The van der Waals surface area contributed by atoms with Crippen LogP contribution in [0.25, 0.3) is 137 Å². The highest BCUT2D eigenvalue weighted by atomic mass is 32.2. The molecule has 76 heavy (non-hydrogen) atoms. The lowest BCUT2D eigenvalue weighted by Crippen LogP contribution is -2.01. The number of aromatic amines is 4. The van der Waals surface area contributed by atoms with Crippen molar-refractivity contribution in [3.63, 3.8) is 0 Å². The van der Waals surface area contributed by atoms with Crippen molar-refractivity contribution in [2.45, 2.75) is 4.90 Å². The number of nitrogens with one attached hydrogen (secondary N) is 4. The van der Waals surface area contributed by atoms with Gasteiger partial charge in [-0.1, -0.05) is 121 Å². The van der Waals surface area contributed by atoms with Gasteiger partial charge in [0.05, 0.1) is 56.6 Å². The molecule has 0 amide bonds. The van der Waals surface area contributed by atoms with Crippen LogP contribution in [0, 0.1) is 0 Å². The maximum atomic E-state index is 13.4. The molecule has 0 spiro atoms. The van der Waals surface area contributed by atoms with Crippen LogP contribution in [0.5, 0.6) is 0 Å². The molecule has 0 unspecified atom stereocenters. The van der Waals surface area contributed by atoms with Gasteiger partial charge in [0.1, 0.15) is 4.90 Å². The predicted molar refractivity (Wildman–Crippen MR) is 309 cm³/mol. The van der Waals surface area contributed by atoms with Crippen LogP contribution in [0.3, 0.4) is 0 Å². The van der Waals surface area contributed by atoms with E-state index in [-0.39, 0.29) is 16.1 Å². The number of rotatable bonds is 5. The Kier molecular flexibility index (Phi) is 11.5. The lowest BCUT2D eigenvalue weighted by molar-refractivity contribution is 0.483. The molecule has 16 bridgehead atoms. The molecule has 0 atom stereocenters. The third-order valence-electron chi connectivity index (χ3n) is 13.4. The van der Waals surface area contributed by atoms with E-state index in [9.17, 15) is 13.0 Å². The quantitative estimate of drug-likeness (QED) is 0.107. The highest BCUT2D eigenvalue weighted by molar-refractivity contribution is 7.86. The SMILES string of the molecule is C1=Cc2cc3ccc(cc4nc(cc5ccc(cc1n2)[nH]5)C=C4)[nH]3.O=S(=O)(O)c1c2nc(c(-c3ccccc3)c3ccc([nH]3)c(-c3ccccc3)c3nc(c(-c4ccccc4)c4[nH]c1cc4-c1ccccc1)C=C3)C=C2. The molecule has 11 nitrogen and oxygen atoms in total. The normalized spacial score (nSPS) is 12.4. The second kappa shape index (κ2) is 19.1. The molecule has 0 saturated heterocycles. The zero-order valence-corrected chi connectivity index (χ0v) is 41.3. The number of aromatic nitrogens is 8. The van der Waals surface area contributed by atoms with Gasteiger partial charge in [-0.05, 0) is 138 Å². The summed E-state index contributed by atoms with van der Waals surface area (Å²) in [5, 5.41) is 0. The van der Waals surface area contributed by atoms with E-state index in [1.54, 1.807) is 18.2 Å². The smallest absolute Gasteiger partial charge is 0.298 e. The number of H-pyrrole nitrogens is 4. The van der Waals surface area contributed by atoms with Crippen molar-refractivity contribution in [2.75, 3.05) is 0 Å². The lowest BCUT2D eigenvalue weighted by atomic mass is 9.99. The molecule has 0 fully saturated rings. The standard InChI is InChI=1S/C44H30N4O3S.C20H14N4/c49-52(50,51)44-38-26-25-36(47-38)41(30-17-9-3-10-18-30)34-22-21-33(45-34)40(29-15-7-2-8-16-29)35-23-24-37(46-35)42(31-19-11-4-12-20-31)43-32(27-39(44)48-43)28-13-5-1-6-14-28;1-2-14-10-16-5-6-18(23-16)12-20-8-7-19(24-20)11-17-4-3-15(22-17)9-13(1)21-14/h1-27,45,48H,(H,49,50,51);1-12,21,24H. The zero-order chi connectivity index (χ0) is 51.2. The number of hydrogen-bond donors (Lipinski definition) is 5. The summed E-state index contributed by atoms with van der Waals surface area (Å²) in [6, 6.07) is 61.9. The van der Waals surface area contributed by atoms with Crippen LogP contribution in [0.1, 0.15) is 45.6 Å². The van der Waals surface area contributed by atoms with Crippen molar-refractivity contribution in [3.8, 4) is 44.5 Å². The van der Waals surface area contributed by atoms with Gasteiger partial charge in [0.15, 0.2) is 0 Å². The first-order chi connectivity index (χ1) is 37.2. The molecule has 12 heteroatoms. The molecule has 5 N–H and O–H groups in total. The molecule has 6 aromatic heterocycles. The molecule has 0 radical (unpaired) electrons. The first-order valence-electron chi connectivity index (χ1n) is 24.7. The highest BCUT2D eigenvalue weighted by Gasteiger charge is 2.25. The van der Waals surface area contributed by atoms with Crippen LogP contribution in [0.15, 0.2) is 193 Å². The molecule has 4 aliphatic rings. The van der Waals surface area contributed by atoms with Crippen molar-refractivity contribution in [2.24, 2.45) is 0 Å². The van der Waals surface area contributed by atoms with E-state index < -0.39 is 10.1 Å². The van der Waals surface area contributed by atoms with Crippen LogP contribution in [-0.2, 0) is 10.1 Å². The minimum Gasteiger partial charge on any atom is -0.355 e. The summed E-state index contributed by atoms with van der Waals surface area (Å²) in [4.78, 5) is 33.0. The Hall–Kier alpha value is -10.0. The lowest BCUT2D eigenvalue weighted by Gasteiger charge is -2.07. The van der Waals surface area contributed by atoms with Gasteiger partial charge in [-0.3, -0.25) is 4.55 Å². The van der Waals surface area contributed by atoms with E-state index in [0.29, 0.717) is 16.9 Å². The van der Waals surface area contributed by atoms with Crippen LogP contribution in [0.4, 0.5) is 0 Å². The van der Waals surface area contributed by atoms with Crippen molar-refractivity contribution in [3.05, 3.63) is 234 Å². The van der Waals surface area contributed by atoms with E-state index in [0.717, 1.165) is 106 Å². The van der Waals surface area contributed by atoms with E-state index in [2.05, 4.69) is 66.3 Å². The van der Waals surface area contributed by atoms with Gasteiger partial charge in [0.25, 0.3) is 10.1 Å². The molecule has 4 aliphatic heterocycles. The Balaban J connectivity index is 0.000000191. The fourth-order valence-electron chi connectivity index (χ4n) is 10.0. The summed E-state index contributed by atoms with van der Waals surface area (Å²) in [5.41, 5.74) is 19.3. The van der Waals surface area contributed by atoms with Crippen molar-refractivity contribution in [1.82, 2.24) is 39.9 Å². The van der Waals surface area contributed by atoms with E-state index in [4.69, 9.17) is 9.97 Å². The maximum Gasteiger partial charge on any atom is 0.298 e. The molecular formula is C64H44N8O3S. The number of nitrogens with zero attached hydrogens (tertiary/aromatic N) is 4. The van der Waals surface area contributed by atoms with Gasteiger partial charge in [-0.2, -0.15) is 8.42 Å². The Labute approximate surface area is 436 Å². The van der Waals surface area contributed by atoms with Gasteiger partial charge in [0, 0.05) is 55.4 Å². The average Bonchev–Trinajstić information content (AvgIpc) is 4.32. The predicted octanol–water partition coefficient (Wildman–Crippen LogP) is 15.2. The topological polar surface area (TPSA) is 169 Å². The van der Waals surface area contributed by atoms with Crippen LogP contribution < -0.4 is 0 Å². The summed E-state index contributed by atoms with van der Waals surface area (Å²) in [7, 11) is -4.79. The van der Waals surface area contributed by atoms with Crippen molar-refractivity contribution >= 4 is 103 Å². The molecule has 10 aromatic rings. The summed E-state index contributed by atoms with van der Waals surface area (Å²) >= 11 is 0. The Morgan fingerprint density at radius 1 is 0.329 bits per heavy atom. The molecular weight excluding hydrogens is 961 g/mol. The number of benzene rings is 4. The van der Waals surface area contributed by atoms with Crippen LogP contribution >= 0.6 is 0 Å². The Bertz CT molecular complexity index is 4360. The van der Waals surface area contributed by atoms with Gasteiger partial charge >= 0.3 is 0 Å². The van der Waals surface area contributed by atoms with Crippen molar-refractivity contribution < 1.29 is 13.0 Å². The van der Waals surface area contributed by atoms with Crippen LogP contribution in [-0.4, -0.2) is 52.8 Å². The molecule has 10 heterocycles. The minimum atomic E-state index is -4.79. The number of fused-ring (bicyclic) bond motifs is 16. The van der Waals surface area contributed by atoms with Gasteiger partial charge in [-0.25, -0.2) is 19.9 Å². The Morgan fingerprint density at radius 3 is 1.12 bits per heavy atom.